The van der Waals surface area contributed by atoms with E-state index in [-0.39, 0.29) is 6.09 Å². The summed E-state index contributed by atoms with van der Waals surface area (Å²) in [6.45, 7) is 13.2. The normalized spacial score (nSPS) is 18.6. The van der Waals surface area contributed by atoms with Gasteiger partial charge in [-0.15, -0.1) is 0 Å². The summed E-state index contributed by atoms with van der Waals surface area (Å²) in [4.78, 5) is 13.4. The molecule has 1 saturated heterocycles. The molecule has 0 unspecified atom stereocenters. The Balaban J connectivity index is 2.34. The first kappa shape index (κ1) is 13.5. The first-order valence-corrected chi connectivity index (χ1v) is 9.56. The number of carbonyl (C=O) groups is 1. The molecule has 1 rings (SSSR count). The number of carbonyl (C=O) groups excluding carboxylic acids is 1. The van der Waals surface area contributed by atoms with Gasteiger partial charge in [-0.05, 0) is 6.42 Å². The molecule has 1 heterocycles. The Morgan fingerprint density at radius 2 is 1.75 bits per heavy atom. The summed E-state index contributed by atoms with van der Waals surface area (Å²) in [6, 6.07) is 0. The molecule has 0 aromatic heterocycles. The summed E-state index contributed by atoms with van der Waals surface area (Å²) in [7, 11) is -1.19. The standard InChI is InChI=1S/C11H24N2O2Si/c1-5-10-15-11(14)12-6-8-13(9-7-12)16(2,3)4/h5-10H2,1-4H3. The molecule has 0 aliphatic carbocycles. The van der Waals surface area contributed by atoms with Crippen LogP contribution in [-0.2, 0) is 4.74 Å². The van der Waals surface area contributed by atoms with E-state index in [1.54, 1.807) is 0 Å². The van der Waals surface area contributed by atoms with E-state index in [1.165, 1.54) is 0 Å². The molecule has 0 spiro atoms. The summed E-state index contributed by atoms with van der Waals surface area (Å²) in [6.07, 6.45) is 0.748. The Kier molecular flexibility index (Phi) is 4.80. The first-order chi connectivity index (χ1) is 7.45. The number of rotatable bonds is 3. The van der Waals surface area contributed by atoms with Gasteiger partial charge < -0.3 is 14.2 Å². The third-order valence-electron chi connectivity index (χ3n) is 2.92. The highest BCUT2D eigenvalue weighted by Gasteiger charge is 2.29. The van der Waals surface area contributed by atoms with Crippen LogP contribution in [0.1, 0.15) is 13.3 Å². The molecule has 16 heavy (non-hydrogen) atoms. The van der Waals surface area contributed by atoms with E-state index < -0.39 is 8.24 Å². The number of nitrogens with zero attached hydrogens (tertiary/aromatic N) is 2. The molecule has 0 bridgehead atoms. The topological polar surface area (TPSA) is 32.8 Å². The van der Waals surface area contributed by atoms with Gasteiger partial charge in [0.15, 0.2) is 0 Å². The molecule has 0 aromatic carbocycles. The lowest BCUT2D eigenvalue weighted by Gasteiger charge is -2.40. The van der Waals surface area contributed by atoms with Gasteiger partial charge in [0.1, 0.15) is 8.24 Å². The maximum absolute atomic E-state index is 11.6. The molecule has 0 saturated carbocycles. The molecular weight excluding hydrogens is 220 g/mol. The number of ether oxygens (including phenoxy) is 1. The van der Waals surface area contributed by atoms with Crippen LogP contribution in [0.3, 0.4) is 0 Å². The SMILES string of the molecule is CCCOC(=O)N1CCN([Si](C)(C)C)CC1. The van der Waals surface area contributed by atoms with Gasteiger partial charge in [-0.1, -0.05) is 26.6 Å². The first-order valence-electron chi connectivity index (χ1n) is 6.12. The maximum Gasteiger partial charge on any atom is 0.409 e. The molecule has 94 valence electrons. The van der Waals surface area contributed by atoms with Gasteiger partial charge in [0, 0.05) is 26.2 Å². The van der Waals surface area contributed by atoms with Crippen molar-refractivity contribution in [1.82, 2.24) is 9.47 Å². The van der Waals surface area contributed by atoms with Crippen LogP contribution in [0.5, 0.6) is 0 Å². The highest BCUT2D eigenvalue weighted by atomic mass is 28.3. The molecular formula is C11H24N2O2Si. The van der Waals surface area contributed by atoms with Crippen LogP contribution in [0, 0.1) is 0 Å². The Morgan fingerprint density at radius 3 is 2.19 bits per heavy atom. The van der Waals surface area contributed by atoms with Crippen LogP contribution in [0.4, 0.5) is 4.79 Å². The Morgan fingerprint density at radius 1 is 1.19 bits per heavy atom. The fraction of sp³-hybridized carbons (Fsp3) is 0.909. The number of piperazine rings is 1. The van der Waals surface area contributed by atoms with Crippen molar-refractivity contribution < 1.29 is 9.53 Å². The third kappa shape index (κ3) is 3.79. The molecule has 4 nitrogen and oxygen atoms in total. The van der Waals surface area contributed by atoms with Crippen LogP contribution in [0.2, 0.25) is 19.6 Å². The summed E-state index contributed by atoms with van der Waals surface area (Å²) < 4.78 is 7.67. The van der Waals surface area contributed by atoms with Crippen molar-refractivity contribution in [2.45, 2.75) is 33.0 Å². The van der Waals surface area contributed by atoms with Crippen molar-refractivity contribution in [2.75, 3.05) is 32.8 Å². The summed E-state index contributed by atoms with van der Waals surface area (Å²) in [5.41, 5.74) is 0. The largest absolute Gasteiger partial charge is 0.449 e. The van der Waals surface area contributed by atoms with Gasteiger partial charge in [-0.2, -0.15) is 0 Å². The molecule has 0 N–H and O–H groups in total. The van der Waals surface area contributed by atoms with E-state index in [9.17, 15) is 4.79 Å². The van der Waals surface area contributed by atoms with Gasteiger partial charge >= 0.3 is 6.09 Å². The van der Waals surface area contributed by atoms with E-state index in [2.05, 4.69) is 24.2 Å². The molecule has 1 fully saturated rings. The van der Waals surface area contributed by atoms with Crippen LogP contribution in [0.25, 0.3) is 0 Å². The van der Waals surface area contributed by atoms with Gasteiger partial charge in [0.2, 0.25) is 0 Å². The van der Waals surface area contributed by atoms with Crippen LogP contribution in [0.15, 0.2) is 0 Å². The van der Waals surface area contributed by atoms with Crippen molar-refractivity contribution >= 4 is 14.3 Å². The van der Waals surface area contributed by atoms with Crippen molar-refractivity contribution in [3.05, 3.63) is 0 Å². The second-order valence-electron chi connectivity index (χ2n) is 5.26. The lowest BCUT2D eigenvalue weighted by Crippen LogP contribution is -2.57. The third-order valence-corrected chi connectivity index (χ3v) is 5.26. The Hall–Kier alpha value is -0.553. The minimum Gasteiger partial charge on any atom is -0.449 e. The predicted molar refractivity (Wildman–Crippen MR) is 68.1 cm³/mol. The van der Waals surface area contributed by atoms with Crippen LogP contribution in [-0.4, -0.2) is 56.6 Å². The fourth-order valence-electron chi connectivity index (χ4n) is 1.84. The zero-order valence-corrected chi connectivity index (χ0v) is 12.0. The zero-order chi connectivity index (χ0) is 12.2. The highest BCUT2D eigenvalue weighted by molar-refractivity contribution is 6.73. The second-order valence-corrected chi connectivity index (χ2v) is 10.2. The average molecular weight is 244 g/mol. The minimum absolute atomic E-state index is 0.142. The van der Waals surface area contributed by atoms with E-state index in [1.807, 2.05) is 11.8 Å². The van der Waals surface area contributed by atoms with E-state index in [4.69, 9.17) is 4.74 Å². The summed E-state index contributed by atoms with van der Waals surface area (Å²) >= 11 is 0. The Labute approximate surface area is 99.6 Å². The average Bonchev–Trinajstić information content (AvgIpc) is 2.25. The lowest BCUT2D eigenvalue weighted by molar-refractivity contribution is 0.0883. The molecule has 0 aromatic rings. The van der Waals surface area contributed by atoms with Crippen molar-refractivity contribution in [3.8, 4) is 0 Å². The van der Waals surface area contributed by atoms with Crippen molar-refractivity contribution in [1.29, 1.82) is 0 Å². The Bertz CT molecular complexity index is 233. The predicted octanol–water partition coefficient (Wildman–Crippen LogP) is 1.99. The number of amides is 1. The lowest BCUT2D eigenvalue weighted by atomic mass is 10.4. The minimum atomic E-state index is -1.19. The number of hydrogen-bond donors (Lipinski definition) is 0. The van der Waals surface area contributed by atoms with E-state index >= 15 is 0 Å². The smallest absolute Gasteiger partial charge is 0.409 e. The fourth-order valence-corrected chi connectivity index (χ4v) is 3.38. The van der Waals surface area contributed by atoms with E-state index in [0.717, 1.165) is 32.6 Å². The van der Waals surface area contributed by atoms with Gasteiger partial charge in [-0.25, -0.2) is 4.79 Å². The number of hydrogen-bond acceptors (Lipinski definition) is 3. The highest BCUT2D eigenvalue weighted by Crippen LogP contribution is 2.13. The molecule has 0 radical (unpaired) electrons. The van der Waals surface area contributed by atoms with Crippen LogP contribution >= 0.6 is 0 Å². The second kappa shape index (κ2) is 5.68. The summed E-state index contributed by atoms with van der Waals surface area (Å²) in [5, 5.41) is 0. The molecule has 5 heteroatoms. The van der Waals surface area contributed by atoms with E-state index in [0.29, 0.717) is 6.61 Å². The zero-order valence-electron chi connectivity index (χ0n) is 11.0. The summed E-state index contributed by atoms with van der Waals surface area (Å²) in [5.74, 6) is 0. The van der Waals surface area contributed by atoms with Gasteiger partial charge in [0.05, 0.1) is 6.61 Å². The van der Waals surface area contributed by atoms with Gasteiger partial charge in [-0.3, -0.25) is 0 Å². The monoisotopic (exact) mass is 244 g/mol. The van der Waals surface area contributed by atoms with Crippen LogP contribution < -0.4 is 0 Å². The van der Waals surface area contributed by atoms with Crippen molar-refractivity contribution in [3.63, 3.8) is 0 Å². The molecule has 1 amide bonds. The van der Waals surface area contributed by atoms with Gasteiger partial charge in [0.25, 0.3) is 0 Å². The quantitative estimate of drug-likeness (QED) is 0.712. The molecule has 1 aliphatic heterocycles. The molecule has 1 aliphatic rings. The van der Waals surface area contributed by atoms with Crippen molar-refractivity contribution in [2.24, 2.45) is 0 Å². The maximum atomic E-state index is 11.6. The molecule has 0 atom stereocenters.